The van der Waals surface area contributed by atoms with Gasteiger partial charge in [-0.2, -0.15) is 25.4 Å². The largest absolute Gasteiger partial charge is 0.388 e. The van der Waals surface area contributed by atoms with E-state index in [1.165, 1.54) is 7.11 Å². The number of methoxy groups -OCH3 is 5. The second-order valence-corrected chi connectivity index (χ2v) is 19.2. The number of unbranched alkanes of at least 4 members (excludes halogenated alkanes) is 4. The van der Waals surface area contributed by atoms with Crippen molar-refractivity contribution in [3.8, 4) is 0 Å². The van der Waals surface area contributed by atoms with Gasteiger partial charge in [0.15, 0.2) is 42.6 Å². The van der Waals surface area contributed by atoms with Gasteiger partial charge in [-0.05, 0) is 46.6 Å². The third-order valence-electron chi connectivity index (χ3n) is 12.2. The van der Waals surface area contributed by atoms with Crippen LogP contribution in [0.15, 0.2) is 5.16 Å². The zero-order valence-corrected chi connectivity index (χ0v) is 54.1. The molecule has 0 radical (unpaired) electrons. The molecule has 3 saturated heterocycles. The van der Waals surface area contributed by atoms with Crippen molar-refractivity contribution in [3.63, 3.8) is 0 Å². The van der Waals surface area contributed by atoms with E-state index < -0.39 is 18.6 Å². The van der Waals surface area contributed by atoms with Gasteiger partial charge in [0.05, 0.1) is 33.7 Å². The molecule has 500 valence electrons. The minimum atomic E-state index is -0.521. The summed E-state index contributed by atoms with van der Waals surface area (Å²) in [6.45, 7) is 23.1. The highest BCUT2D eigenvalue weighted by Gasteiger charge is 2.59. The van der Waals surface area contributed by atoms with Crippen LogP contribution in [0.5, 0.6) is 0 Å². The van der Waals surface area contributed by atoms with Gasteiger partial charge in [0.1, 0.15) is 59.7 Å². The molecule has 1 unspecified atom stereocenters. The number of urea groups is 3. The second kappa shape index (κ2) is 48.0. The van der Waals surface area contributed by atoms with Crippen LogP contribution in [0.1, 0.15) is 116 Å². The highest BCUT2D eigenvalue weighted by atomic mass is 16.6. The van der Waals surface area contributed by atoms with E-state index in [4.69, 9.17) is 57.1 Å². The van der Waals surface area contributed by atoms with Crippen LogP contribution in [-0.2, 0) is 70.3 Å². The Balaban J connectivity index is 0.000000614. The number of hydrogen-bond acceptors (Lipinski definition) is 28. The van der Waals surface area contributed by atoms with Gasteiger partial charge in [0.25, 0.3) is 5.95 Å². The van der Waals surface area contributed by atoms with Crippen LogP contribution in [0, 0.1) is 6.92 Å². The first kappa shape index (κ1) is 79.0. The minimum absolute atomic E-state index is 0.0231. The molecule has 0 bridgehead atoms. The fraction of sp³-hybridized carbons (Fsp3) is 0.792. The normalized spacial score (nSPS) is 15.9. The average Bonchev–Trinajstić information content (AvgIpc) is 1.61. The summed E-state index contributed by atoms with van der Waals surface area (Å²) in [6, 6.07) is -0.379. The number of amides is 6. The Hall–Kier alpha value is -5.99. The molecule has 0 aliphatic carbocycles. The average molecular weight is 1250 g/mol. The molecule has 3 fully saturated rings. The smallest absolute Gasteiger partial charge is 0.327 e. The summed E-state index contributed by atoms with van der Waals surface area (Å²) in [5.41, 5.74) is 2.60. The molecule has 5 heterocycles. The Labute approximate surface area is 513 Å². The predicted molar refractivity (Wildman–Crippen MR) is 319 cm³/mol. The molecule has 2 aromatic rings. The number of hydroxylamine groups is 2. The summed E-state index contributed by atoms with van der Waals surface area (Å²) in [7, 11) is 13.1. The van der Waals surface area contributed by atoms with E-state index in [-0.39, 0.29) is 64.1 Å². The van der Waals surface area contributed by atoms with Crippen LogP contribution < -0.4 is 20.8 Å². The maximum absolute atomic E-state index is 13.4. The van der Waals surface area contributed by atoms with Crippen LogP contribution in [-0.4, -0.2) is 270 Å². The van der Waals surface area contributed by atoms with Crippen molar-refractivity contribution in [2.45, 2.75) is 125 Å². The van der Waals surface area contributed by atoms with Crippen molar-refractivity contribution in [2.24, 2.45) is 5.16 Å². The molecule has 6 amide bonds. The van der Waals surface area contributed by atoms with Gasteiger partial charge in [-0.25, -0.2) is 29.4 Å². The van der Waals surface area contributed by atoms with Crippen LogP contribution >= 0.6 is 0 Å². The summed E-state index contributed by atoms with van der Waals surface area (Å²) >= 11 is 0. The van der Waals surface area contributed by atoms with Crippen molar-refractivity contribution in [2.75, 3.05) is 167 Å². The van der Waals surface area contributed by atoms with Crippen molar-refractivity contribution in [3.05, 3.63) is 23.3 Å². The molecule has 3 N–H and O–H groups in total. The molecule has 87 heavy (non-hydrogen) atoms. The molecule has 34 nitrogen and oxygen atoms in total. The number of aryl methyl sites for hydroxylation is 1. The Morgan fingerprint density at radius 2 is 1.13 bits per heavy atom. The first-order valence-corrected chi connectivity index (χ1v) is 28.8. The van der Waals surface area contributed by atoms with Crippen LogP contribution in [0.25, 0.3) is 0 Å². The predicted octanol–water partition coefficient (Wildman–Crippen LogP) is 3.73. The number of rotatable bonds is 40. The van der Waals surface area contributed by atoms with Gasteiger partial charge in [-0.3, -0.25) is 44.8 Å². The molecule has 34 heteroatoms. The van der Waals surface area contributed by atoms with E-state index in [0.29, 0.717) is 102 Å². The Kier molecular flexibility index (Phi) is 43.6. The lowest BCUT2D eigenvalue weighted by Gasteiger charge is -2.38. The quantitative estimate of drug-likeness (QED) is 0.0370. The number of fused-ring (bicyclic) bond motifs is 1. The third-order valence-corrected chi connectivity index (χ3v) is 12.2. The zero-order valence-electron chi connectivity index (χ0n) is 54.1. The SMILES string of the molecule is C=NOCc1nc(CNOC)nc(N(O)CC)n1.C=O.CCCCOCN1C(=O)N(COCCCC)C2C1N(COCCCC)C(=O)N2COCCCC.COCN1CN(C)CN(C)C1=O.COCNC(OC)c1nc(C)nc(N(COC)COC)n1. The number of carbonyl (C=O) groups excluding carboxylic acids is 4. The maximum atomic E-state index is 13.4. The number of ether oxygens (including phenoxy) is 9. The molecular weight excluding hydrogens is 1140 g/mol. The number of nitrogens with zero attached hydrogens (tertiary/aromatic N) is 16. The van der Waals surface area contributed by atoms with Gasteiger partial charge >= 0.3 is 18.1 Å². The van der Waals surface area contributed by atoms with E-state index in [1.807, 2.05) is 18.7 Å². The van der Waals surface area contributed by atoms with Crippen molar-refractivity contribution in [1.82, 2.24) is 75.0 Å². The van der Waals surface area contributed by atoms with Crippen LogP contribution in [0.3, 0.4) is 0 Å². The monoisotopic (exact) mass is 1250 g/mol. The van der Waals surface area contributed by atoms with Gasteiger partial charge in [0.2, 0.25) is 5.95 Å². The first-order valence-electron chi connectivity index (χ1n) is 28.8. The number of anilines is 2. The third kappa shape index (κ3) is 28.4. The summed E-state index contributed by atoms with van der Waals surface area (Å²) in [6.07, 6.45) is 6.18. The number of oxime groups is 1. The Morgan fingerprint density at radius 3 is 1.54 bits per heavy atom. The molecule has 3 aliphatic rings. The lowest BCUT2D eigenvalue weighted by Crippen LogP contribution is -2.55. The number of hydrogen-bond donors (Lipinski definition) is 3. The van der Waals surface area contributed by atoms with Crippen LogP contribution in [0.4, 0.5) is 26.3 Å². The molecule has 2 aromatic heterocycles. The summed E-state index contributed by atoms with van der Waals surface area (Å²) < 4.78 is 48.7. The zero-order chi connectivity index (χ0) is 64.9. The number of carbonyl (C=O) groups is 4. The number of aromatic nitrogens is 6. The van der Waals surface area contributed by atoms with Gasteiger partial charge in [0, 0.05) is 82.3 Å². The van der Waals surface area contributed by atoms with Crippen molar-refractivity contribution >= 4 is 43.5 Å². The number of nitrogens with one attached hydrogen (secondary N) is 2. The second-order valence-electron chi connectivity index (χ2n) is 19.2. The fourth-order valence-electron chi connectivity index (χ4n) is 7.98. The van der Waals surface area contributed by atoms with Crippen molar-refractivity contribution in [1.29, 1.82) is 0 Å². The molecule has 1 atom stereocenters. The Bertz CT molecular complexity index is 2060. The molecular formula is C53H102N18O16. The van der Waals surface area contributed by atoms with E-state index >= 15 is 0 Å². The van der Waals surface area contributed by atoms with E-state index in [9.17, 15) is 19.6 Å². The summed E-state index contributed by atoms with van der Waals surface area (Å²) in [5.74, 6) is 2.40. The molecule has 0 saturated carbocycles. The Morgan fingerprint density at radius 1 is 0.632 bits per heavy atom. The van der Waals surface area contributed by atoms with Gasteiger partial charge in [-0.1, -0.05) is 53.4 Å². The molecule has 0 aromatic carbocycles. The standard InChI is InChI=1S/C24H46N4O6.C12H23N5O4.C9H16N6O3.C7H15N3O2.CH2O/c1-5-9-13-31-17-25-21-22(27(23(25)29)19-33-15-11-7-3)28(20-34-16-12-8-4)24(30)26(21)18-32-14-10-6-2;1-9-14-10(11(21-5)13-6-18-2)16-12(15-9)17(7-19-3)8-20-4;1-4-15(16)9-13-7(5-11-17-3)12-8(14-9)6-18-10-2;1-8-4-9(2)7(11)10(5-8)6-12-3;1-2/h21-22H,5-20H2,1-4H3;11,13H,6-8H2,1-5H3;11,16H,2,4-6H2,1,3H3;4-6H2,1-3H3;1H2. The fourth-order valence-corrected chi connectivity index (χ4v) is 7.98. The lowest BCUT2D eigenvalue weighted by atomic mass is 10.3. The minimum Gasteiger partial charge on any atom is -0.388 e. The summed E-state index contributed by atoms with van der Waals surface area (Å²) in [4.78, 5) is 94.5. The van der Waals surface area contributed by atoms with Gasteiger partial charge < -0.3 is 62.0 Å². The highest BCUT2D eigenvalue weighted by molar-refractivity contribution is 5.85. The van der Waals surface area contributed by atoms with Gasteiger partial charge in [-0.15, -0.1) is 5.16 Å². The molecule has 0 spiro atoms. The van der Waals surface area contributed by atoms with E-state index in [1.54, 1.807) is 90.7 Å². The van der Waals surface area contributed by atoms with E-state index in [2.05, 4.69) is 80.3 Å². The highest BCUT2D eigenvalue weighted by Crippen LogP contribution is 2.35. The first-order chi connectivity index (χ1) is 42.1. The molecule has 5 rings (SSSR count). The molecule has 3 aliphatic heterocycles. The summed E-state index contributed by atoms with van der Waals surface area (Å²) in [5, 5.41) is 16.8. The van der Waals surface area contributed by atoms with Crippen LogP contribution in [0.2, 0.25) is 0 Å². The maximum Gasteiger partial charge on any atom is 0.327 e. The van der Waals surface area contributed by atoms with E-state index in [0.717, 1.165) is 56.4 Å². The lowest BCUT2D eigenvalue weighted by molar-refractivity contribution is -0.0980. The van der Waals surface area contributed by atoms with Crippen molar-refractivity contribution < 1.29 is 76.7 Å². The topological polar surface area (TPSA) is 333 Å².